The number of nitrogens with zero attached hydrogens (tertiary/aromatic N) is 4. The number of hydrogen-bond acceptors (Lipinski definition) is 8. The summed E-state index contributed by atoms with van der Waals surface area (Å²) in [6.45, 7) is 2.07. The van der Waals surface area contributed by atoms with Crippen molar-refractivity contribution in [1.29, 1.82) is 0 Å². The Hall–Kier alpha value is -3.34. The van der Waals surface area contributed by atoms with Gasteiger partial charge in [-0.3, -0.25) is 4.79 Å². The largest absolute Gasteiger partial charge is 0.467 e. The van der Waals surface area contributed by atoms with Crippen LogP contribution in [-0.2, 0) is 11.3 Å². The smallest absolute Gasteiger partial charge is 0.264 e. The fourth-order valence-electron chi connectivity index (χ4n) is 2.12. The van der Waals surface area contributed by atoms with E-state index in [0.717, 1.165) is 17.3 Å². The van der Waals surface area contributed by atoms with E-state index in [0.29, 0.717) is 23.2 Å². The number of aromatic nitrogens is 3. The Balaban J connectivity index is 1.52. The van der Waals surface area contributed by atoms with Crippen molar-refractivity contribution in [1.82, 2.24) is 20.2 Å². The van der Waals surface area contributed by atoms with Crippen LogP contribution < -0.4 is 16.6 Å². The first kappa shape index (κ1) is 19.4. The van der Waals surface area contributed by atoms with E-state index in [2.05, 4.69) is 26.0 Å². The van der Waals surface area contributed by atoms with E-state index in [-0.39, 0.29) is 23.4 Å². The molecule has 4 N–H and O–H groups in total. The summed E-state index contributed by atoms with van der Waals surface area (Å²) in [5.41, 5.74) is 4.08. The minimum absolute atomic E-state index is 0.119. The average Bonchev–Trinajstić information content (AvgIpc) is 3.33. The molecule has 0 bridgehead atoms. The highest BCUT2D eigenvalue weighted by molar-refractivity contribution is 7.99. The van der Waals surface area contributed by atoms with Gasteiger partial charge >= 0.3 is 0 Å². The molecule has 0 saturated heterocycles. The van der Waals surface area contributed by atoms with E-state index in [1.165, 1.54) is 16.8 Å². The van der Waals surface area contributed by atoms with Gasteiger partial charge in [0.05, 0.1) is 24.3 Å². The number of nitrogen functional groups attached to an aromatic ring is 1. The molecule has 3 aromatic rings. The molecular weight excluding hydrogens is 385 g/mol. The molecule has 1 amide bonds. The molecule has 9 nitrogen and oxygen atoms in total. The van der Waals surface area contributed by atoms with E-state index in [1.807, 2.05) is 0 Å². The number of carbonyl (C=O) groups excluding carboxylic acids is 1. The highest BCUT2D eigenvalue weighted by Gasteiger charge is 2.12. The fourth-order valence-corrected chi connectivity index (χ4v) is 2.81. The third-order valence-corrected chi connectivity index (χ3v) is 4.57. The maximum atomic E-state index is 13.0. The number of anilines is 1. The van der Waals surface area contributed by atoms with Crippen LogP contribution in [0.3, 0.4) is 0 Å². The van der Waals surface area contributed by atoms with Gasteiger partial charge in [-0.1, -0.05) is 23.9 Å². The summed E-state index contributed by atoms with van der Waals surface area (Å²) in [4.78, 5) is 11.9. The average molecular weight is 403 g/mol. The van der Waals surface area contributed by atoms with Crippen LogP contribution >= 0.6 is 11.8 Å². The van der Waals surface area contributed by atoms with Gasteiger partial charge in [0.15, 0.2) is 0 Å². The highest BCUT2D eigenvalue weighted by Crippen LogP contribution is 2.16. The number of hydrazone groups is 1. The van der Waals surface area contributed by atoms with Crippen LogP contribution in [0.1, 0.15) is 18.2 Å². The molecule has 1 aromatic carbocycles. The van der Waals surface area contributed by atoms with Crippen molar-refractivity contribution >= 4 is 29.3 Å². The Labute approximate surface area is 164 Å². The fraction of sp³-hybridized carbons (Fsp3) is 0.176. The maximum Gasteiger partial charge on any atom is 0.264 e. The number of nitrogens with two attached hydrogens (primary N) is 1. The Kier molecular flexibility index (Phi) is 6.27. The molecular formula is C17H18FN7O2S. The molecule has 0 atom stereocenters. The lowest BCUT2D eigenvalue weighted by Crippen LogP contribution is -2.24. The monoisotopic (exact) mass is 403 g/mol. The van der Waals surface area contributed by atoms with E-state index in [9.17, 15) is 9.18 Å². The summed E-state index contributed by atoms with van der Waals surface area (Å²) in [5, 5.41) is 15.1. The Morgan fingerprint density at radius 3 is 2.82 bits per heavy atom. The summed E-state index contributed by atoms with van der Waals surface area (Å²) in [5.74, 6) is 6.41. The topological polar surface area (TPSA) is 123 Å². The Morgan fingerprint density at radius 2 is 2.11 bits per heavy atom. The number of halogens is 1. The third kappa shape index (κ3) is 5.10. The number of benzene rings is 1. The minimum Gasteiger partial charge on any atom is -0.467 e. The van der Waals surface area contributed by atoms with E-state index in [1.54, 1.807) is 37.5 Å². The molecule has 2 heterocycles. The molecule has 0 saturated carbocycles. The predicted molar refractivity (Wildman–Crippen MR) is 104 cm³/mol. The van der Waals surface area contributed by atoms with Crippen molar-refractivity contribution < 1.29 is 13.6 Å². The van der Waals surface area contributed by atoms with Crippen molar-refractivity contribution in [2.24, 2.45) is 5.10 Å². The Bertz CT molecular complexity index is 955. The SMILES string of the molecule is C/C(=N\Nc1nnc(SCC(=O)NCc2ccco2)n1N)c1ccc(F)cc1. The summed E-state index contributed by atoms with van der Waals surface area (Å²) < 4.78 is 19.3. The molecule has 2 aromatic heterocycles. The lowest BCUT2D eigenvalue weighted by atomic mass is 10.1. The minimum atomic E-state index is -0.318. The zero-order valence-corrected chi connectivity index (χ0v) is 15.7. The second kappa shape index (κ2) is 9.04. The molecule has 0 fully saturated rings. The summed E-state index contributed by atoms with van der Waals surface area (Å²) in [6, 6.07) is 9.46. The van der Waals surface area contributed by atoms with Gasteiger partial charge in [-0.2, -0.15) is 5.10 Å². The van der Waals surface area contributed by atoms with Gasteiger partial charge in [-0.15, -0.1) is 10.2 Å². The van der Waals surface area contributed by atoms with Crippen LogP contribution in [0.4, 0.5) is 10.3 Å². The lowest BCUT2D eigenvalue weighted by molar-refractivity contribution is -0.118. The van der Waals surface area contributed by atoms with Crippen molar-refractivity contribution in [3.05, 3.63) is 59.8 Å². The van der Waals surface area contributed by atoms with Gasteiger partial charge in [-0.05, 0) is 36.8 Å². The number of amides is 1. The van der Waals surface area contributed by atoms with Gasteiger partial charge in [0.2, 0.25) is 11.1 Å². The highest BCUT2D eigenvalue weighted by atomic mass is 32.2. The first-order valence-electron chi connectivity index (χ1n) is 8.21. The maximum absolute atomic E-state index is 13.0. The van der Waals surface area contributed by atoms with Crippen molar-refractivity contribution in [3.63, 3.8) is 0 Å². The van der Waals surface area contributed by atoms with Crippen molar-refractivity contribution in [2.45, 2.75) is 18.6 Å². The molecule has 11 heteroatoms. The number of carbonyl (C=O) groups is 1. The zero-order chi connectivity index (χ0) is 19.9. The molecule has 0 spiro atoms. The standard InChI is InChI=1S/C17H18FN7O2S/c1-11(12-4-6-13(18)7-5-12)21-22-16-23-24-17(25(16)19)28-10-15(26)20-9-14-3-2-8-27-14/h2-8H,9-10,19H2,1H3,(H,20,26)(H,22,23)/b21-11+. The summed E-state index contributed by atoms with van der Waals surface area (Å²) in [6.07, 6.45) is 1.54. The van der Waals surface area contributed by atoms with Gasteiger partial charge in [0.1, 0.15) is 11.6 Å². The first-order chi connectivity index (χ1) is 13.5. The van der Waals surface area contributed by atoms with Gasteiger partial charge < -0.3 is 15.6 Å². The third-order valence-electron chi connectivity index (χ3n) is 3.62. The van der Waals surface area contributed by atoms with Crippen LogP contribution in [0.5, 0.6) is 0 Å². The van der Waals surface area contributed by atoms with Crippen LogP contribution in [0.15, 0.2) is 57.3 Å². The zero-order valence-electron chi connectivity index (χ0n) is 14.9. The molecule has 28 heavy (non-hydrogen) atoms. The second-order valence-corrected chi connectivity index (χ2v) is 6.58. The quantitative estimate of drug-likeness (QED) is 0.227. The number of nitrogens with one attached hydrogen (secondary N) is 2. The van der Waals surface area contributed by atoms with Gasteiger partial charge in [0.25, 0.3) is 5.95 Å². The van der Waals surface area contributed by atoms with E-state index >= 15 is 0 Å². The van der Waals surface area contributed by atoms with Crippen LogP contribution in [0, 0.1) is 5.82 Å². The predicted octanol–water partition coefficient (Wildman–Crippen LogP) is 1.97. The lowest BCUT2D eigenvalue weighted by Gasteiger charge is -2.05. The van der Waals surface area contributed by atoms with Gasteiger partial charge in [0, 0.05) is 0 Å². The number of rotatable bonds is 8. The van der Waals surface area contributed by atoms with Crippen LogP contribution in [-0.4, -0.2) is 32.2 Å². The molecule has 0 aliphatic carbocycles. The molecule has 0 radical (unpaired) electrons. The summed E-state index contributed by atoms with van der Waals surface area (Å²) in [7, 11) is 0. The van der Waals surface area contributed by atoms with Crippen LogP contribution in [0.2, 0.25) is 0 Å². The molecule has 0 aliphatic heterocycles. The Morgan fingerprint density at radius 1 is 1.32 bits per heavy atom. The van der Waals surface area contributed by atoms with Gasteiger partial charge in [-0.25, -0.2) is 14.5 Å². The van der Waals surface area contributed by atoms with E-state index < -0.39 is 0 Å². The first-order valence-corrected chi connectivity index (χ1v) is 9.20. The molecule has 3 rings (SSSR count). The molecule has 146 valence electrons. The van der Waals surface area contributed by atoms with Crippen molar-refractivity contribution in [2.75, 3.05) is 17.0 Å². The normalized spacial score (nSPS) is 11.4. The molecule has 0 aliphatic rings. The molecule has 0 unspecified atom stereocenters. The number of furan rings is 1. The van der Waals surface area contributed by atoms with E-state index in [4.69, 9.17) is 10.3 Å². The number of thioether (sulfide) groups is 1. The van der Waals surface area contributed by atoms with Crippen molar-refractivity contribution in [3.8, 4) is 0 Å². The number of hydrogen-bond donors (Lipinski definition) is 3. The summed E-state index contributed by atoms with van der Waals surface area (Å²) >= 11 is 1.14. The second-order valence-electron chi connectivity index (χ2n) is 5.64. The van der Waals surface area contributed by atoms with Crippen LogP contribution in [0.25, 0.3) is 0 Å².